The Kier molecular flexibility index (Phi) is 5.08. The summed E-state index contributed by atoms with van der Waals surface area (Å²) in [6, 6.07) is 4.04. The number of terminal acetylenes is 1. The van der Waals surface area contributed by atoms with Gasteiger partial charge in [0, 0.05) is 25.6 Å². The van der Waals surface area contributed by atoms with E-state index >= 15 is 0 Å². The number of hydrogen-bond donors (Lipinski definition) is 2. The van der Waals surface area contributed by atoms with Gasteiger partial charge in [-0.25, -0.2) is 0 Å². The van der Waals surface area contributed by atoms with Gasteiger partial charge < -0.3 is 20.5 Å². The van der Waals surface area contributed by atoms with Gasteiger partial charge >= 0.3 is 0 Å². The zero-order chi connectivity index (χ0) is 13.7. The molecule has 2 rings (SSSR count). The Hall–Kier alpha value is -1.22. The molecule has 0 bridgehead atoms. The summed E-state index contributed by atoms with van der Waals surface area (Å²) in [7, 11) is 0. The van der Waals surface area contributed by atoms with Crippen molar-refractivity contribution in [2.45, 2.75) is 12.5 Å². The van der Waals surface area contributed by atoms with E-state index in [1.807, 2.05) is 12.1 Å². The van der Waals surface area contributed by atoms with Crippen LogP contribution in [0.5, 0.6) is 11.5 Å². The molecule has 1 aromatic carbocycles. The number of nitrogens with one attached hydrogen (secondary N) is 1. The predicted octanol–water partition coefficient (Wildman–Crippen LogP) is 1.83. The molecule has 1 aromatic rings. The fourth-order valence-corrected chi connectivity index (χ4v) is 2.56. The average Bonchev–Trinajstić information content (AvgIpc) is 2.44. The van der Waals surface area contributed by atoms with Crippen LogP contribution in [-0.4, -0.2) is 26.3 Å². The summed E-state index contributed by atoms with van der Waals surface area (Å²) in [6.45, 7) is 2.38. The van der Waals surface area contributed by atoms with E-state index in [0.717, 1.165) is 28.1 Å². The van der Waals surface area contributed by atoms with Gasteiger partial charge in [0.1, 0.15) is 13.2 Å². The molecule has 1 heterocycles. The number of hydrogen-bond acceptors (Lipinski definition) is 4. The van der Waals surface area contributed by atoms with Gasteiger partial charge in [0.15, 0.2) is 11.5 Å². The minimum Gasteiger partial charge on any atom is -0.486 e. The van der Waals surface area contributed by atoms with Gasteiger partial charge in [-0.05, 0) is 33.6 Å². The van der Waals surface area contributed by atoms with Crippen molar-refractivity contribution in [2.24, 2.45) is 5.73 Å². The molecule has 1 unspecified atom stereocenters. The van der Waals surface area contributed by atoms with E-state index in [0.29, 0.717) is 26.2 Å². The Labute approximate surface area is 121 Å². The first-order valence-corrected chi connectivity index (χ1v) is 7.01. The Bertz CT molecular complexity index is 485. The molecule has 1 aliphatic heterocycles. The summed E-state index contributed by atoms with van der Waals surface area (Å²) in [5.74, 6) is 4.12. The fraction of sp³-hybridized carbons (Fsp3) is 0.429. The predicted molar refractivity (Wildman–Crippen MR) is 78.4 cm³/mol. The van der Waals surface area contributed by atoms with E-state index < -0.39 is 0 Å². The van der Waals surface area contributed by atoms with Crippen molar-refractivity contribution in [3.63, 3.8) is 0 Å². The minimum absolute atomic E-state index is 0.0560. The highest BCUT2D eigenvalue weighted by Gasteiger charge is 2.19. The van der Waals surface area contributed by atoms with Crippen molar-refractivity contribution in [1.82, 2.24) is 5.32 Å². The molecule has 0 radical (unpaired) electrons. The van der Waals surface area contributed by atoms with Crippen LogP contribution in [0.2, 0.25) is 0 Å². The maximum Gasteiger partial charge on any atom is 0.175 e. The lowest BCUT2D eigenvalue weighted by molar-refractivity contribution is 0.170. The Morgan fingerprint density at radius 1 is 1.42 bits per heavy atom. The molecule has 0 saturated carbocycles. The third-order valence-corrected chi connectivity index (χ3v) is 3.51. The van der Waals surface area contributed by atoms with Crippen LogP contribution < -0.4 is 20.5 Å². The second kappa shape index (κ2) is 6.80. The van der Waals surface area contributed by atoms with E-state index in [1.54, 1.807) is 0 Å². The Balaban J connectivity index is 2.18. The fourth-order valence-electron chi connectivity index (χ4n) is 1.99. The smallest absolute Gasteiger partial charge is 0.175 e. The van der Waals surface area contributed by atoms with Crippen molar-refractivity contribution in [3.8, 4) is 23.8 Å². The lowest BCUT2D eigenvalue weighted by Gasteiger charge is -2.23. The van der Waals surface area contributed by atoms with E-state index in [2.05, 4.69) is 27.2 Å². The third kappa shape index (κ3) is 3.41. The van der Waals surface area contributed by atoms with E-state index in [1.165, 1.54) is 0 Å². The molecule has 3 N–H and O–H groups in total. The molecule has 0 fully saturated rings. The van der Waals surface area contributed by atoms with Crippen LogP contribution in [0, 0.1) is 12.3 Å². The first-order valence-electron chi connectivity index (χ1n) is 6.22. The van der Waals surface area contributed by atoms with Crippen LogP contribution in [0.25, 0.3) is 0 Å². The van der Waals surface area contributed by atoms with Crippen molar-refractivity contribution < 1.29 is 9.47 Å². The highest BCUT2D eigenvalue weighted by molar-refractivity contribution is 9.10. The van der Waals surface area contributed by atoms with Crippen molar-refractivity contribution in [2.75, 3.05) is 26.3 Å². The summed E-state index contributed by atoms with van der Waals surface area (Å²) < 4.78 is 12.1. The first-order chi connectivity index (χ1) is 9.26. The van der Waals surface area contributed by atoms with E-state index in [9.17, 15) is 0 Å². The highest BCUT2D eigenvalue weighted by Crippen LogP contribution is 2.39. The second-order valence-electron chi connectivity index (χ2n) is 4.22. The van der Waals surface area contributed by atoms with Crippen LogP contribution in [0.1, 0.15) is 18.0 Å². The summed E-state index contributed by atoms with van der Waals surface area (Å²) in [6.07, 6.45) is 5.93. The lowest BCUT2D eigenvalue weighted by Crippen LogP contribution is -2.29. The molecular weight excluding hydrogens is 308 g/mol. The van der Waals surface area contributed by atoms with Gasteiger partial charge in [-0.15, -0.1) is 12.3 Å². The van der Waals surface area contributed by atoms with Gasteiger partial charge in [-0.3, -0.25) is 0 Å². The number of rotatable bonds is 5. The molecule has 0 amide bonds. The monoisotopic (exact) mass is 324 g/mol. The number of benzene rings is 1. The third-order valence-electron chi connectivity index (χ3n) is 2.92. The molecule has 1 atom stereocenters. The summed E-state index contributed by atoms with van der Waals surface area (Å²) in [5, 5.41) is 3.34. The van der Waals surface area contributed by atoms with Gasteiger partial charge in [0.05, 0.1) is 4.47 Å². The molecule has 1 aliphatic rings. The van der Waals surface area contributed by atoms with E-state index in [4.69, 9.17) is 21.6 Å². The normalized spacial score (nSPS) is 14.8. The van der Waals surface area contributed by atoms with Crippen molar-refractivity contribution in [1.29, 1.82) is 0 Å². The van der Waals surface area contributed by atoms with E-state index in [-0.39, 0.29) is 6.04 Å². The molecule has 0 saturated heterocycles. The highest BCUT2D eigenvalue weighted by atomic mass is 79.9. The standard InChI is InChI=1S/C14H17BrN2O2/c1-2-3-4-17-12(9-16)10-7-11(15)14-13(8-10)18-5-6-19-14/h1,7-8,12,17H,3-6,9,16H2. The summed E-state index contributed by atoms with van der Waals surface area (Å²) in [5.41, 5.74) is 6.88. The molecular formula is C14H17BrN2O2. The first kappa shape index (κ1) is 14.2. The molecule has 4 nitrogen and oxygen atoms in total. The topological polar surface area (TPSA) is 56.5 Å². The Morgan fingerprint density at radius 2 is 2.21 bits per heavy atom. The number of ether oxygens (including phenoxy) is 2. The maximum atomic E-state index is 5.81. The van der Waals surface area contributed by atoms with Crippen LogP contribution in [-0.2, 0) is 0 Å². The van der Waals surface area contributed by atoms with Gasteiger partial charge in [-0.1, -0.05) is 0 Å². The molecule has 5 heteroatoms. The SMILES string of the molecule is C#CCCNC(CN)c1cc(Br)c2c(c1)OCCO2. The zero-order valence-electron chi connectivity index (χ0n) is 10.6. The van der Waals surface area contributed by atoms with Crippen LogP contribution >= 0.6 is 15.9 Å². The molecule has 19 heavy (non-hydrogen) atoms. The molecule has 0 aliphatic carbocycles. The lowest BCUT2D eigenvalue weighted by atomic mass is 10.1. The quantitative estimate of drug-likeness (QED) is 0.641. The minimum atomic E-state index is 0.0560. The number of halogens is 1. The largest absolute Gasteiger partial charge is 0.486 e. The van der Waals surface area contributed by atoms with Gasteiger partial charge in [0.2, 0.25) is 0 Å². The summed E-state index contributed by atoms with van der Waals surface area (Å²) >= 11 is 3.51. The van der Waals surface area contributed by atoms with Gasteiger partial charge in [-0.2, -0.15) is 0 Å². The Morgan fingerprint density at radius 3 is 2.95 bits per heavy atom. The molecule has 102 valence electrons. The zero-order valence-corrected chi connectivity index (χ0v) is 12.2. The van der Waals surface area contributed by atoms with Crippen molar-refractivity contribution in [3.05, 3.63) is 22.2 Å². The number of nitrogens with two attached hydrogens (primary N) is 1. The number of fused-ring (bicyclic) bond motifs is 1. The second-order valence-corrected chi connectivity index (χ2v) is 5.08. The summed E-state index contributed by atoms with van der Waals surface area (Å²) in [4.78, 5) is 0. The van der Waals surface area contributed by atoms with Gasteiger partial charge in [0.25, 0.3) is 0 Å². The van der Waals surface area contributed by atoms with Crippen molar-refractivity contribution >= 4 is 15.9 Å². The molecule has 0 aromatic heterocycles. The maximum absolute atomic E-state index is 5.81. The van der Waals surface area contributed by atoms with Crippen LogP contribution in [0.3, 0.4) is 0 Å². The van der Waals surface area contributed by atoms with Crippen LogP contribution in [0.4, 0.5) is 0 Å². The van der Waals surface area contributed by atoms with Crippen LogP contribution in [0.15, 0.2) is 16.6 Å². The molecule has 0 spiro atoms. The average molecular weight is 325 g/mol.